The molecule has 0 aromatic heterocycles. The van der Waals surface area contributed by atoms with Gasteiger partial charge in [0.2, 0.25) is 0 Å². The van der Waals surface area contributed by atoms with Gasteiger partial charge in [-0.05, 0) is 20.8 Å². The molecular weight excluding hydrogens is 197 g/mol. The Morgan fingerprint density at radius 3 is 2.40 bits per heavy atom. The first-order valence-electron chi connectivity index (χ1n) is 5.38. The number of hydrogen-bond acceptors (Lipinski definition) is 3. The zero-order valence-electron chi connectivity index (χ0n) is 9.52. The number of halogens is 1. The molecule has 1 N–H and O–H groups in total. The van der Waals surface area contributed by atoms with Gasteiger partial charge in [0.25, 0.3) is 0 Å². The third-order valence-corrected chi connectivity index (χ3v) is 3.05. The highest BCUT2D eigenvalue weighted by atomic mass is 19.1. The molecule has 15 heavy (non-hydrogen) atoms. The van der Waals surface area contributed by atoms with Crippen molar-refractivity contribution in [1.29, 1.82) is 0 Å². The van der Waals surface area contributed by atoms with Crippen molar-refractivity contribution in [3.05, 3.63) is 0 Å². The standard InChI is InChI=1S/C11H18FNO2/c1-9(2,3)15-8(14)10-4-11(12,5-10)7-13-6-10/h13H,4-7H2,1-3H3. The zero-order valence-corrected chi connectivity index (χ0v) is 9.52. The number of piperidine rings is 2. The second kappa shape index (κ2) is 2.94. The lowest BCUT2D eigenvalue weighted by molar-refractivity contribution is -0.191. The highest BCUT2D eigenvalue weighted by Gasteiger charge is 2.63. The Labute approximate surface area is 89.4 Å². The van der Waals surface area contributed by atoms with Gasteiger partial charge >= 0.3 is 5.97 Å². The molecule has 0 unspecified atom stereocenters. The molecule has 0 atom stereocenters. The lowest BCUT2D eigenvalue weighted by Crippen LogP contribution is -2.67. The van der Waals surface area contributed by atoms with Crippen molar-refractivity contribution in [2.24, 2.45) is 5.41 Å². The van der Waals surface area contributed by atoms with Gasteiger partial charge in [0.05, 0.1) is 5.41 Å². The summed E-state index contributed by atoms with van der Waals surface area (Å²) in [5, 5.41) is 2.96. The fraction of sp³-hybridized carbons (Fsp3) is 0.909. The molecule has 2 saturated heterocycles. The molecule has 86 valence electrons. The van der Waals surface area contributed by atoms with Gasteiger partial charge in [-0.3, -0.25) is 4.79 Å². The first-order valence-corrected chi connectivity index (χ1v) is 5.38. The molecule has 3 fully saturated rings. The van der Waals surface area contributed by atoms with Crippen LogP contribution in [-0.2, 0) is 9.53 Å². The maximum atomic E-state index is 13.7. The lowest BCUT2D eigenvalue weighted by Gasteiger charge is -2.54. The molecule has 2 aliphatic heterocycles. The molecule has 0 amide bonds. The van der Waals surface area contributed by atoms with Crippen molar-refractivity contribution in [2.45, 2.75) is 44.9 Å². The Morgan fingerprint density at radius 2 is 1.93 bits per heavy atom. The Hall–Kier alpha value is -0.640. The molecule has 2 bridgehead atoms. The van der Waals surface area contributed by atoms with E-state index in [9.17, 15) is 9.18 Å². The van der Waals surface area contributed by atoms with Crippen LogP contribution >= 0.6 is 0 Å². The second-order valence-corrected chi connectivity index (χ2v) is 5.89. The van der Waals surface area contributed by atoms with Crippen LogP contribution in [0.1, 0.15) is 33.6 Å². The second-order valence-electron chi connectivity index (χ2n) is 5.89. The summed E-state index contributed by atoms with van der Waals surface area (Å²) in [4.78, 5) is 11.9. The van der Waals surface area contributed by atoms with E-state index in [2.05, 4.69) is 5.32 Å². The van der Waals surface area contributed by atoms with Crippen molar-refractivity contribution >= 4 is 5.97 Å². The van der Waals surface area contributed by atoms with E-state index in [1.54, 1.807) is 0 Å². The van der Waals surface area contributed by atoms with Crippen LogP contribution in [-0.4, -0.2) is 30.3 Å². The van der Waals surface area contributed by atoms with Crippen molar-refractivity contribution in [3.8, 4) is 0 Å². The maximum Gasteiger partial charge on any atom is 0.314 e. The van der Waals surface area contributed by atoms with E-state index in [0.717, 1.165) is 0 Å². The molecule has 0 aromatic rings. The van der Waals surface area contributed by atoms with Crippen molar-refractivity contribution in [2.75, 3.05) is 13.1 Å². The molecule has 2 heterocycles. The fourth-order valence-corrected chi connectivity index (χ4v) is 2.54. The molecule has 1 saturated carbocycles. The summed E-state index contributed by atoms with van der Waals surface area (Å²) in [6.45, 7) is 6.42. The number of rotatable bonds is 1. The summed E-state index contributed by atoms with van der Waals surface area (Å²) in [6.07, 6.45) is 0.643. The summed E-state index contributed by atoms with van der Waals surface area (Å²) in [5.74, 6) is -0.254. The summed E-state index contributed by atoms with van der Waals surface area (Å²) < 4.78 is 19.0. The highest BCUT2D eigenvalue weighted by Crippen LogP contribution is 2.54. The average molecular weight is 215 g/mol. The van der Waals surface area contributed by atoms with Gasteiger partial charge in [0, 0.05) is 25.9 Å². The van der Waals surface area contributed by atoms with Gasteiger partial charge in [0.1, 0.15) is 11.3 Å². The number of carbonyl (C=O) groups is 1. The fourth-order valence-electron chi connectivity index (χ4n) is 2.54. The summed E-state index contributed by atoms with van der Waals surface area (Å²) in [6, 6.07) is 0. The summed E-state index contributed by atoms with van der Waals surface area (Å²) >= 11 is 0. The molecular formula is C11H18FNO2. The van der Waals surface area contributed by atoms with Crippen molar-refractivity contribution in [3.63, 3.8) is 0 Å². The quantitative estimate of drug-likeness (QED) is 0.672. The Bertz CT molecular complexity index is 289. The van der Waals surface area contributed by atoms with E-state index in [1.807, 2.05) is 20.8 Å². The van der Waals surface area contributed by atoms with E-state index >= 15 is 0 Å². The van der Waals surface area contributed by atoms with Crippen LogP contribution in [0.15, 0.2) is 0 Å². The van der Waals surface area contributed by atoms with Gasteiger partial charge in [-0.15, -0.1) is 0 Å². The van der Waals surface area contributed by atoms with Crippen LogP contribution in [0.2, 0.25) is 0 Å². The van der Waals surface area contributed by atoms with E-state index in [0.29, 0.717) is 25.9 Å². The molecule has 0 aromatic carbocycles. The number of carbonyl (C=O) groups excluding carboxylic acids is 1. The zero-order chi connectivity index (χ0) is 11.3. The predicted molar refractivity (Wildman–Crippen MR) is 54.2 cm³/mol. The van der Waals surface area contributed by atoms with Gasteiger partial charge in [0.15, 0.2) is 0 Å². The minimum absolute atomic E-state index is 0.254. The first-order chi connectivity index (χ1) is 6.75. The van der Waals surface area contributed by atoms with E-state index < -0.39 is 16.7 Å². The number of hydrogen-bond donors (Lipinski definition) is 1. The average Bonchev–Trinajstić information content (AvgIpc) is 1.98. The smallest absolute Gasteiger partial charge is 0.314 e. The third-order valence-electron chi connectivity index (χ3n) is 3.05. The molecule has 0 radical (unpaired) electrons. The van der Waals surface area contributed by atoms with E-state index in [-0.39, 0.29) is 5.97 Å². The van der Waals surface area contributed by atoms with E-state index in [1.165, 1.54) is 0 Å². The number of esters is 1. The molecule has 1 aliphatic carbocycles. The summed E-state index contributed by atoms with van der Waals surface area (Å²) in [5.41, 5.74) is -2.26. The molecule has 4 heteroatoms. The van der Waals surface area contributed by atoms with Gasteiger partial charge in [-0.25, -0.2) is 4.39 Å². The SMILES string of the molecule is CC(C)(C)OC(=O)C12CNCC(F)(C1)C2. The number of nitrogens with one attached hydrogen (secondary N) is 1. The normalized spacial score (nSPS) is 39.5. The van der Waals surface area contributed by atoms with Crippen molar-refractivity contribution < 1.29 is 13.9 Å². The van der Waals surface area contributed by atoms with Crippen LogP contribution in [0, 0.1) is 5.41 Å². The third kappa shape index (κ3) is 1.87. The minimum Gasteiger partial charge on any atom is -0.460 e. The predicted octanol–water partition coefficient (Wildman–Crippen LogP) is 1.42. The van der Waals surface area contributed by atoms with Crippen molar-refractivity contribution in [1.82, 2.24) is 5.32 Å². The first kappa shape index (κ1) is 10.9. The number of ether oxygens (including phenoxy) is 1. The van der Waals surface area contributed by atoms with Crippen LogP contribution < -0.4 is 5.32 Å². The Kier molecular flexibility index (Phi) is 2.13. The minimum atomic E-state index is -1.17. The highest BCUT2D eigenvalue weighted by molar-refractivity contribution is 5.79. The molecule has 3 aliphatic rings. The molecule has 3 nitrogen and oxygen atoms in total. The van der Waals surface area contributed by atoms with Crippen LogP contribution in [0.25, 0.3) is 0 Å². The topological polar surface area (TPSA) is 38.3 Å². The monoisotopic (exact) mass is 215 g/mol. The number of alkyl halides is 1. The van der Waals surface area contributed by atoms with Crippen LogP contribution in [0.3, 0.4) is 0 Å². The lowest BCUT2D eigenvalue weighted by atomic mass is 9.57. The maximum absolute atomic E-state index is 13.7. The van der Waals surface area contributed by atoms with Gasteiger partial charge < -0.3 is 10.1 Å². The van der Waals surface area contributed by atoms with E-state index in [4.69, 9.17) is 4.74 Å². The molecule has 3 rings (SSSR count). The van der Waals surface area contributed by atoms with Crippen LogP contribution in [0.4, 0.5) is 4.39 Å². The largest absolute Gasteiger partial charge is 0.460 e. The van der Waals surface area contributed by atoms with Crippen LogP contribution in [0.5, 0.6) is 0 Å². The Balaban J connectivity index is 2.03. The Morgan fingerprint density at radius 1 is 1.33 bits per heavy atom. The van der Waals surface area contributed by atoms with Gasteiger partial charge in [-0.1, -0.05) is 0 Å². The number of fused-ring (bicyclic) bond motifs is 2. The summed E-state index contributed by atoms with van der Waals surface area (Å²) in [7, 11) is 0. The molecule has 0 spiro atoms. The van der Waals surface area contributed by atoms with Gasteiger partial charge in [-0.2, -0.15) is 0 Å².